The van der Waals surface area contributed by atoms with Gasteiger partial charge in [-0.3, -0.25) is 9.59 Å². The number of hydrogen-bond donors (Lipinski definition) is 2. The first-order valence-corrected chi connectivity index (χ1v) is 6.32. The SMILES string of the molecule is COc1ccc(CNC(=O)c2c[nH]ccc2=O)cc1OC. The molecule has 0 radical (unpaired) electrons. The van der Waals surface area contributed by atoms with Gasteiger partial charge in [-0.05, 0) is 17.7 Å². The lowest BCUT2D eigenvalue weighted by Crippen LogP contribution is -2.27. The predicted molar refractivity (Wildman–Crippen MR) is 77.8 cm³/mol. The van der Waals surface area contributed by atoms with E-state index >= 15 is 0 Å². The summed E-state index contributed by atoms with van der Waals surface area (Å²) in [5.74, 6) is 0.778. The van der Waals surface area contributed by atoms with Gasteiger partial charge in [-0.1, -0.05) is 6.07 Å². The number of aromatic amines is 1. The zero-order chi connectivity index (χ0) is 15.2. The second kappa shape index (κ2) is 6.60. The molecule has 0 aliphatic heterocycles. The molecule has 1 aromatic heterocycles. The number of nitrogens with one attached hydrogen (secondary N) is 2. The summed E-state index contributed by atoms with van der Waals surface area (Å²) in [4.78, 5) is 26.2. The van der Waals surface area contributed by atoms with E-state index in [0.717, 1.165) is 5.56 Å². The third kappa shape index (κ3) is 3.42. The van der Waals surface area contributed by atoms with E-state index in [-0.39, 0.29) is 17.5 Å². The van der Waals surface area contributed by atoms with Gasteiger partial charge in [0, 0.05) is 25.0 Å². The number of amides is 1. The van der Waals surface area contributed by atoms with Crippen molar-refractivity contribution in [2.24, 2.45) is 0 Å². The molecular weight excluding hydrogens is 272 g/mol. The van der Waals surface area contributed by atoms with Gasteiger partial charge in [0.25, 0.3) is 5.91 Å². The molecule has 0 saturated heterocycles. The van der Waals surface area contributed by atoms with Crippen LogP contribution in [-0.4, -0.2) is 25.1 Å². The lowest BCUT2D eigenvalue weighted by atomic mass is 10.2. The Hall–Kier alpha value is -2.76. The first-order valence-electron chi connectivity index (χ1n) is 6.32. The molecule has 0 aliphatic rings. The van der Waals surface area contributed by atoms with E-state index in [4.69, 9.17) is 9.47 Å². The van der Waals surface area contributed by atoms with Crippen LogP contribution in [0, 0.1) is 0 Å². The lowest BCUT2D eigenvalue weighted by molar-refractivity contribution is 0.0949. The molecule has 0 bridgehead atoms. The van der Waals surface area contributed by atoms with Gasteiger partial charge in [0.2, 0.25) is 0 Å². The van der Waals surface area contributed by atoms with Gasteiger partial charge in [-0.25, -0.2) is 0 Å². The smallest absolute Gasteiger partial charge is 0.257 e. The Bertz CT molecular complexity index is 694. The fourth-order valence-electron chi connectivity index (χ4n) is 1.86. The number of rotatable bonds is 5. The highest BCUT2D eigenvalue weighted by Crippen LogP contribution is 2.27. The van der Waals surface area contributed by atoms with Crippen LogP contribution in [-0.2, 0) is 6.54 Å². The summed E-state index contributed by atoms with van der Waals surface area (Å²) in [6.45, 7) is 0.285. The van der Waals surface area contributed by atoms with E-state index in [1.165, 1.54) is 18.5 Å². The number of ether oxygens (including phenoxy) is 2. The average Bonchev–Trinajstić information content (AvgIpc) is 2.52. The number of pyridine rings is 1. The maximum atomic E-state index is 11.9. The third-order valence-electron chi connectivity index (χ3n) is 2.97. The normalized spacial score (nSPS) is 10.0. The first kappa shape index (κ1) is 14.6. The lowest BCUT2D eigenvalue weighted by Gasteiger charge is -2.10. The molecule has 1 heterocycles. The Morgan fingerprint density at radius 1 is 1.19 bits per heavy atom. The molecule has 1 aromatic carbocycles. The van der Waals surface area contributed by atoms with Crippen LogP contribution >= 0.6 is 0 Å². The van der Waals surface area contributed by atoms with Gasteiger partial charge < -0.3 is 19.8 Å². The number of H-pyrrole nitrogens is 1. The van der Waals surface area contributed by atoms with E-state index in [9.17, 15) is 9.59 Å². The molecule has 2 aromatic rings. The Balaban J connectivity index is 2.08. The molecule has 6 nitrogen and oxygen atoms in total. The molecule has 21 heavy (non-hydrogen) atoms. The molecule has 0 aliphatic carbocycles. The number of hydrogen-bond acceptors (Lipinski definition) is 4. The Morgan fingerprint density at radius 3 is 2.62 bits per heavy atom. The van der Waals surface area contributed by atoms with Gasteiger partial charge in [0.05, 0.1) is 14.2 Å². The summed E-state index contributed by atoms with van der Waals surface area (Å²) in [5, 5.41) is 2.69. The van der Waals surface area contributed by atoms with Crippen LogP contribution in [0.5, 0.6) is 11.5 Å². The van der Waals surface area contributed by atoms with Gasteiger partial charge >= 0.3 is 0 Å². The summed E-state index contributed by atoms with van der Waals surface area (Å²) in [6.07, 6.45) is 2.86. The minimum absolute atomic E-state index is 0.0815. The van der Waals surface area contributed by atoms with Gasteiger partial charge in [-0.15, -0.1) is 0 Å². The van der Waals surface area contributed by atoms with Crippen molar-refractivity contribution in [1.82, 2.24) is 10.3 Å². The highest BCUT2D eigenvalue weighted by atomic mass is 16.5. The van der Waals surface area contributed by atoms with Crippen LogP contribution in [0.1, 0.15) is 15.9 Å². The summed E-state index contributed by atoms with van der Waals surface area (Å²) in [6, 6.07) is 6.66. The van der Waals surface area contributed by atoms with Gasteiger partial charge in [0.1, 0.15) is 5.56 Å². The molecule has 0 fully saturated rings. The quantitative estimate of drug-likeness (QED) is 0.869. The van der Waals surface area contributed by atoms with Crippen LogP contribution in [0.25, 0.3) is 0 Å². The molecule has 2 N–H and O–H groups in total. The summed E-state index contributed by atoms with van der Waals surface area (Å²) < 4.78 is 10.3. The van der Waals surface area contributed by atoms with Crippen molar-refractivity contribution in [3.63, 3.8) is 0 Å². The van der Waals surface area contributed by atoms with Crippen molar-refractivity contribution in [2.75, 3.05) is 14.2 Å². The highest BCUT2D eigenvalue weighted by molar-refractivity contribution is 5.93. The third-order valence-corrected chi connectivity index (χ3v) is 2.97. The molecule has 2 rings (SSSR count). The van der Waals surface area contributed by atoms with Crippen molar-refractivity contribution >= 4 is 5.91 Å². The molecular formula is C15H16N2O4. The fourth-order valence-corrected chi connectivity index (χ4v) is 1.86. The monoisotopic (exact) mass is 288 g/mol. The predicted octanol–water partition coefficient (Wildman–Crippen LogP) is 1.32. The number of carbonyl (C=O) groups excluding carboxylic acids is 1. The largest absolute Gasteiger partial charge is 0.493 e. The van der Waals surface area contributed by atoms with Crippen molar-refractivity contribution in [2.45, 2.75) is 6.54 Å². The van der Waals surface area contributed by atoms with E-state index in [1.54, 1.807) is 26.4 Å². The highest BCUT2D eigenvalue weighted by Gasteiger charge is 2.10. The van der Waals surface area contributed by atoms with Crippen LogP contribution < -0.4 is 20.2 Å². The fraction of sp³-hybridized carbons (Fsp3) is 0.200. The van der Waals surface area contributed by atoms with Crippen LogP contribution in [0.3, 0.4) is 0 Å². The van der Waals surface area contributed by atoms with Crippen LogP contribution in [0.15, 0.2) is 41.5 Å². The van der Waals surface area contributed by atoms with Gasteiger partial charge in [-0.2, -0.15) is 0 Å². The standard InChI is InChI=1S/C15H16N2O4/c1-20-13-4-3-10(7-14(13)21-2)8-17-15(19)11-9-16-6-5-12(11)18/h3-7,9H,8H2,1-2H3,(H,16,18)(H,17,19). The summed E-state index contributed by atoms with van der Waals surface area (Å²) in [7, 11) is 3.10. The van der Waals surface area contributed by atoms with Crippen molar-refractivity contribution in [3.05, 3.63) is 58.0 Å². The second-order valence-electron chi connectivity index (χ2n) is 4.29. The Kier molecular flexibility index (Phi) is 4.61. The number of methoxy groups -OCH3 is 2. The zero-order valence-corrected chi connectivity index (χ0v) is 11.8. The van der Waals surface area contributed by atoms with Crippen LogP contribution in [0.2, 0.25) is 0 Å². The first-order chi connectivity index (χ1) is 10.2. The number of carbonyl (C=O) groups is 1. The number of benzene rings is 1. The van der Waals surface area contributed by atoms with Crippen molar-refractivity contribution in [3.8, 4) is 11.5 Å². The molecule has 0 spiro atoms. The second-order valence-corrected chi connectivity index (χ2v) is 4.29. The molecule has 6 heteroatoms. The summed E-state index contributed by atoms with van der Waals surface area (Å²) >= 11 is 0. The van der Waals surface area contributed by atoms with E-state index < -0.39 is 5.91 Å². The summed E-state index contributed by atoms with van der Waals surface area (Å²) in [5.41, 5.74) is 0.602. The Morgan fingerprint density at radius 2 is 1.95 bits per heavy atom. The molecule has 110 valence electrons. The van der Waals surface area contributed by atoms with E-state index in [1.807, 2.05) is 6.07 Å². The number of aromatic nitrogens is 1. The minimum atomic E-state index is -0.424. The Labute approximate surface area is 121 Å². The van der Waals surface area contributed by atoms with Gasteiger partial charge in [0.15, 0.2) is 16.9 Å². The van der Waals surface area contributed by atoms with Crippen molar-refractivity contribution in [1.29, 1.82) is 0 Å². The van der Waals surface area contributed by atoms with Crippen LogP contribution in [0.4, 0.5) is 0 Å². The molecule has 0 atom stereocenters. The maximum absolute atomic E-state index is 11.9. The maximum Gasteiger partial charge on any atom is 0.257 e. The van der Waals surface area contributed by atoms with E-state index in [0.29, 0.717) is 11.5 Å². The zero-order valence-electron chi connectivity index (χ0n) is 11.8. The average molecular weight is 288 g/mol. The van der Waals surface area contributed by atoms with Crippen molar-refractivity contribution < 1.29 is 14.3 Å². The molecule has 0 saturated carbocycles. The molecule has 0 unspecified atom stereocenters. The molecule has 1 amide bonds. The topological polar surface area (TPSA) is 80.4 Å². The minimum Gasteiger partial charge on any atom is -0.493 e. The van der Waals surface area contributed by atoms with E-state index in [2.05, 4.69) is 10.3 Å².